The molecule has 0 radical (unpaired) electrons. The first-order valence-electron chi connectivity index (χ1n) is 23.2. The fraction of sp³-hybridized carbons (Fsp3) is 0.652. The molecule has 63 heavy (non-hydrogen) atoms. The number of sulfonamides is 1. The molecule has 5 atom stereocenters. The molecule has 6 aliphatic rings. The molecule has 4 saturated carbocycles. The van der Waals surface area contributed by atoms with Crippen molar-refractivity contribution in [1.82, 2.24) is 34.8 Å². The number of hydrogen-bond acceptors (Lipinski definition) is 11. The molecular formula is C46H61N7O8S2. The summed E-state index contributed by atoms with van der Waals surface area (Å²) in [4.78, 5) is 68.5. The number of nitrogens with zero attached hydrogens (tertiary/aromatic N) is 4. The van der Waals surface area contributed by atoms with Crippen molar-refractivity contribution >= 4 is 56.2 Å². The van der Waals surface area contributed by atoms with E-state index in [0.29, 0.717) is 44.0 Å². The number of imidazole rings is 1. The Morgan fingerprint density at radius 3 is 2.46 bits per heavy atom. The second-order valence-corrected chi connectivity index (χ2v) is 22.4. The number of ether oxygens (including phenoxy) is 2. The highest BCUT2D eigenvalue weighted by Crippen LogP contribution is 2.48. The summed E-state index contributed by atoms with van der Waals surface area (Å²) in [6.07, 6.45) is 15.0. The van der Waals surface area contributed by atoms with Crippen molar-refractivity contribution in [3.8, 4) is 16.6 Å². The Bertz CT molecular complexity index is 2380. The third-order valence-electron chi connectivity index (χ3n) is 14.3. The van der Waals surface area contributed by atoms with Crippen LogP contribution in [0, 0.1) is 5.92 Å². The molecule has 0 bridgehead atoms. The van der Waals surface area contributed by atoms with E-state index in [1.165, 1.54) is 17.7 Å². The molecule has 4 aliphatic carbocycles. The number of rotatable bonds is 10. The Hall–Kier alpha value is -4.51. The highest BCUT2D eigenvalue weighted by Gasteiger charge is 2.63. The Kier molecular flexibility index (Phi) is 12.1. The molecule has 0 spiro atoms. The third-order valence-corrected chi connectivity index (χ3v) is 17.4. The predicted octanol–water partition coefficient (Wildman–Crippen LogP) is 7.18. The number of thiazole rings is 1. The van der Waals surface area contributed by atoms with E-state index in [1.54, 1.807) is 18.3 Å². The summed E-state index contributed by atoms with van der Waals surface area (Å²) < 4.78 is 42.4. The van der Waals surface area contributed by atoms with Crippen molar-refractivity contribution in [3.05, 3.63) is 41.4 Å². The van der Waals surface area contributed by atoms with Gasteiger partial charge >= 0.3 is 6.09 Å². The van der Waals surface area contributed by atoms with Gasteiger partial charge in [0.05, 0.1) is 22.5 Å². The molecule has 15 nitrogen and oxygen atoms in total. The van der Waals surface area contributed by atoms with Gasteiger partial charge in [-0.15, -0.1) is 11.3 Å². The topological polar surface area (TPSA) is 191 Å². The molecule has 1 saturated heterocycles. The molecular weight excluding hydrogens is 843 g/mol. The highest BCUT2D eigenvalue weighted by atomic mass is 32.2. The summed E-state index contributed by atoms with van der Waals surface area (Å²) in [6.45, 7) is 5.71. The minimum atomic E-state index is -4.00. The van der Waals surface area contributed by atoms with E-state index in [0.717, 1.165) is 78.7 Å². The van der Waals surface area contributed by atoms with Gasteiger partial charge in [-0.2, -0.15) is 4.98 Å². The lowest BCUT2D eigenvalue weighted by Crippen LogP contribution is -2.58. The average Bonchev–Trinajstić information content (AvgIpc) is 3.72. The van der Waals surface area contributed by atoms with E-state index in [9.17, 15) is 27.6 Å². The van der Waals surface area contributed by atoms with Crippen molar-refractivity contribution in [2.24, 2.45) is 5.92 Å². The summed E-state index contributed by atoms with van der Waals surface area (Å²) in [5.74, 6) is -1.78. The quantitative estimate of drug-likeness (QED) is 0.176. The molecule has 2 aromatic heterocycles. The summed E-state index contributed by atoms with van der Waals surface area (Å²) >= 11 is 1.62. The first-order chi connectivity index (χ1) is 30.2. The van der Waals surface area contributed by atoms with Crippen LogP contribution in [-0.4, -0.2) is 92.8 Å². The third kappa shape index (κ3) is 8.84. The number of hydrogen-bond donors (Lipinski definition) is 3. The summed E-state index contributed by atoms with van der Waals surface area (Å²) in [5, 5.41) is 8.88. The normalized spacial score (nSPS) is 28.0. The van der Waals surface area contributed by atoms with Gasteiger partial charge < -0.3 is 25.0 Å². The SMILES string of the molecule is CC(C)n1c(OC2CC3C(=O)NC4(C(=O)NS(=O)(=O)C5(C)CC5)CC4C=CCCCCCC(NC(=O)OC4CCCC4)C(=O)N3C2)nc2c(-c3nc(C4CCCC4)cs3)cccc21. The number of benzene rings is 1. The van der Waals surface area contributed by atoms with E-state index >= 15 is 0 Å². The van der Waals surface area contributed by atoms with E-state index in [1.807, 2.05) is 48.8 Å². The lowest BCUT2D eigenvalue weighted by Gasteiger charge is -2.30. The number of aromatic nitrogens is 3. The number of fused-ring (bicyclic) bond motifs is 3. The second kappa shape index (κ2) is 17.5. The Morgan fingerprint density at radius 1 is 0.968 bits per heavy atom. The van der Waals surface area contributed by atoms with Crippen molar-refractivity contribution in [3.63, 3.8) is 0 Å². The molecule has 5 unspecified atom stereocenters. The zero-order valence-corrected chi connectivity index (χ0v) is 38.2. The molecule has 3 aromatic rings. The zero-order chi connectivity index (χ0) is 44.1. The maximum Gasteiger partial charge on any atom is 0.408 e. The number of amides is 4. The van der Waals surface area contributed by atoms with E-state index in [2.05, 4.69) is 20.7 Å². The van der Waals surface area contributed by atoms with Crippen LogP contribution in [0.3, 0.4) is 0 Å². The van der Waals surface area contributed by atoms with Gasteiger partial charge in [0.2, 0.25) is 21.8 Å². The van der Waals surface area contributed by atoms with Crippen LogP contribution in [0.4, 0.5) is 4.79 Å². The van der Waals surface area contributed by atoms with E-state index in [4.69, 9.17) is 19.4 Å². The van der Waals surface area contributed by atoms with Crippen LogP contribution in [0.25, 0.3) is 21.6 Å². The minimum absolute atomic E-state index is 0.00736. The molecule has 4 amide bonds. The van der Waals surface area contributed by atoms with E-state index in [-0.39, 0.29) is 31.5 Å². The summed E-state index contributed by atoms with van der Waals surface area (Å²) in [6, 6.07) is 4.25. The first-order valence-corrected chi connectivity index (χ1v) is 25.6. The molecule has 3 N–H and O–H groups in total. The molecule has 17 heteroatoms. The molecule has 2 aliphatic heterocycles. The highest BCUT2D eigenvalue weighted by molar-refractivity contribution is 7.91. The molecule has 340 valence electrons. The van der Waals surface area contributed by atoms with Crippen molar-refractivity contribution in [1.29, 1.82) is 0 Å². The first kappa shape index (κ1) is 43.7. The van der Waals surface area contributed by atoms with Crippen LogP contribution >= 0.6 is 11.3 Å². The monoisotopic (exact) mass is 903 g/mol. The van der Waals surface area contributed by atoms with Crippen LogP contribution in [0.15, 0.2) is 35.7 Å². The maximum absolute atomic E-state index is 14.8. The van der Waals surface area contributed by atoms with Gasteiger partial charge in [-0.1, -0.05) is 43.9 Å². The fourth-order valence-electron chi connectivity index (χ4n) is 10.1. The number of alkyl carbamates (subject to hydrolysis) is 1. The van der Waals surface area contributed by atoms with Gasteiger partial charge in [-0.3, -0.25) is 23.7 Å². The van der Waals surface area contributed by atoms with Gasteiger partial charge in [0.1, 0.15) is 40.4 Å². The maximum atomic E-state index is 14.8. The Balaban J connectivity index is 1.02. The Morgan fingerprint density at radius 2 is 1.71 bits per heavy atom. The molecule has 1 aromatic carbocycles. The van der Waals surface area contributed by atoms with Crippen LogP contribution < -0.4 is 20.1 Å². The summed E-state index contributed by atoms with van der Waals surface area (Å²) in [7, 11) is -4.00. The zero-order valence-electron chi connectivity index (χ0n) is 36.6. The van der Waals surface area contributed by atoms with Gasteiger partial charge in [-0.25, -0.2) is 18.2 Å². The molecule has 5 fully saturated rings. The van der Waals surface area contributed by atoms with Crippen molar-refractivity contribution in [2.75, 3.05) is 6.54 Å². The second-order valence-electron chi connectivity index (χ2n) is 19.3. The van der Waals surface area contributed by atoms with Gasteiger partial charge in [0, 0.05) is 35.2 Å². The standard InChI is InChI=1S/C46H61N7O8S2/c1-28(2)53-36-21-13-19-33(40-47-35(27-62-40)29-14-9-10-15-29)38(36)49-43(53)60-32-24-37-39(54)50-46(42(56)51-63(58,59)45(3)22-23-45)25-30(46)16-7-5-4-6-8-20-34(41(55)52(37)26-32)48-44(57)61-31-17-11-12-18-31/h7,13,16,19,21,27-32,34,37H,4-6,8-12,14-15,17-18,20,22-26H2,1-3H3,(H,48,57)(H,50,54)(H,51,56). The van der Waals surface area contributed by atoms with Crippen LogP contribution in [0.2, 0.25) is 0 Å². The average molecular weight is 904 g/mol. The number of allylic oxidation sites excluding steroid dienone is 1. The molecule has 4 heterocycles. The number of carbonyl (C=O) groups is 4. The van der Waals surface area contributed by atoms with Crippen molar-refractivity contribution in [2.45, 2.75) is 176 Å². The lowest BCUT2D eigenvalue weighted by molar-refractivity contribution is -0.141. The smallest absolute Gasteiger partial charge is 0.408 e. The fourth-order valence-corrected chi connectivity index (χ4v) is 12.3. The lowest BCUT2D eigenvalue weighted by atomic mass is 10.0. The van der Waals surface area contributed by atoms with Crippen LogP contribution in [0.1, 0.15) is 148 Å². The van der Waals surface area contributed by atoms with Crippen molar-refractivity contribution < 1.29 is 37.1 Å². The number of para-hydroxylation sites is 1. The summed E-state index contributed by atoms with van der Waals surface area (Å²) in [5.41, 5.74) is 2.14. The predicted molar refractivity (Wildman–Crippen MR) is 239 cm³/mol. The van der Waals surface area contributed by atoms with Gasteiger partial charge in [-0.05, 0) is 110 Å². The van der Waals surface area contributed by atoms with E-state index < -0.39 is 68.2 Å². The Labute approximate surface area is 373 Å². The van der Waals surface area contributed by atoms with Gasteiger partial charge in [0.15, 0.2) is 0 Å². The number of nitrogens with one attached hydrogen (secondary N) is 3. The number of carbonyl (C=O) groups excluding carboxylic acids is 4. The van der Waals surface area contributed by atoms with Crippen LogP contribution in [-0.2, 0) is 29.1 Å². The minimum Gasteiger partial charge on any atom is -0.459 e. The molecule has 9 rings (SSSR count). The van der Waals surface area contributed by atoms with Gasteiger partial charge in [0.25, 0.3) is 11.9 Å². The van der Waals surface area contributed by atoms with Crippen LogP contribution in [0.5, 0.6) is 6.01 Å². The largest absolute Gasteiger partial charge is 0.459 e.